The third-order valence-corrected chi connectivity index (χ3v) is 3.88. The second-order valence-electron chi connectivity index (χ2n) is 5.71. The molecule has 0 bridgehead atoms. The highest BCUT2D eigenvalue weighted by Crippen LogP contribution is 2.20. The van der Waals surface area contributed by atoms with Crippen molar-refractivity contribution in [1.29, 1.82) is 0 Å². The number of benzene rings is 1. The van der Waals surface area contributed by atoms with Gasteiger partial charge in [-0.1, -0.05) is 30.3 Å². The quantitative estimate of drug-likeness (QED) is 0.914. The molecule has 0 unspecified atom stereocenters. The second kappa shape index (κ2) is 6.72. The van der Waals surface area contributed by atoms with Crippen molar-refractivity contribution < 1.29 is 14.7 Å². The van der Waals surface area contributed by atoms with Crippen molar-refractivity contribution in [2.45, 2.75) is 38.9 Å². The van der Waals surface area contributed by atoms with Gasteiger partial charge in [0.2, 0.25) is 5.91 Å². The number of carbonyl (C=O) groups excluding carboxylic acids is 1. The summed E-state index contributed by atoms with van der Waals surface area (Å²) in [5.74, 6) is -0.909. The SMILES string of the molecule is CC(=O)N1[C@@H](CC(=O)O)CN(Cc2ccccc2)C[C@@H]1C. The van der Waals surface area contributed by atoms with E-state index in [9.17, 15) is 9.59 Å². The van der Waals surface area contributed by atoms with E-state index in [1.807, 2.05) is 25.1 Å². The van der Waals surface area contributed by atoms with Gasteiger partial charge in [-0.15, -0.1) is 0 Å². The van der Waals surface area contributed by atoms with Gasteiger partial charge in [0.15, 0.2) is 0 Å². The fraction of sp³-hybridized carbons (Fsp3) is 0.500. The molecule has 0 aliphatic carbocycles. The first-order chi connectivity index (χ1) is 9.97. The van der Waals surface area contributed by atoms with Crippen LogP contribution in [0.15, 0.2) is 30.3 Å². The highest BCUT2D eigenvalue weighted by molar-refractivity contribution is 5.75. The molecule has 1 heterocycles. The molecule has 2 rings (SSSR count). The van der Waals surface area contributed by atoms with E-state index in [0.29, 0.717) is 6.54 Å². The molecule has 1 aromatic rings. The number of nitrogens with zero attached hydrogens (tertiary/aromatic N) is 2. The lowest BCUT2D eigenvalue weighted by atomic mass is 10.0. The topological polar surface area (TPSA) is 60.9 Å². The molecule has 114 valence electrons. The van der Waals surface area contributed by atoms with Crippen LogP contribution in [0.5, 0.6) is 0 Å². The Hall–Kier alpha value is -1.88. The van der Waals surface area contributed by atoms with Crippen LogP contribution >= 0.6 is 0 Å². The highest BCUT2D eigenvalue weighted by atomic mass is 16.4. The van der Waals surface area contributed by atoms with Crippen LogP contribution in [0.25, 0.3) is 0 Å². The summed E-state index contributed by atoms with van der Waals surface area (Å²) in [4.78, 5) is 26.8. The Labute approximate surface area is 125 Å². The van der Waals surface area contributed by atoms with Gasteiger partial charge in [-0.3, -0.25) is 14.5 Å². The zero-order valence-electron chi connectivity index (χ0n) is 12.5. The third kappa shape index (κ3) is 4.04. The molecule has 1 aliphatic heterocycles. The van der Waals surface area contributed by atoms with E-state index in [-0.39, 0.29) is 24.4 Å². The molecule has 1 fully saturated rings. The molecule has 5 nitrogen and oxygen atoms in total. The lowest BCUT2D eigenvalue weighted by molar-refractivity contribution is -0.144. The molecular formula is C16H22N2O3. The van der Waals surface area contributed by atoms with Crippen LogP contribution < -0.4 is 0 Å². The second-order valence-corrected chi connectivity index (χ2v) is 5.71. The summed E-state index contributed by atoms with van der Waals surface area (Å²) in [5.41, 5.74) is 1.20. The Balaban J connectivity index is 2.09. The molecule has 0 radical (unpaired) electrons. The number of rotatable bonds is 4. The van der Waals surface area contributed by atoms with Crippen molar-refractivity contribution in [1.82, 2.24) is 9.80 Å². The number of hydrogen-bond donors (Lipinski definition) is 1. The third-order valence-electron chi connectivity index (χ3n) is 3.88. The van der Waals surface area contributed by atoms with E-state index >= 15 is 0 Å². The zero-order valence-corrected chi connectivity index (χ0v) is 12.5. The average molecular weight is 290 g/mol. The fourth-order valence-electron chi connectivity index (χ4n) is 3.18. The maximum Gasteiger partial charge on any atom is 0.305 e. The average Bonchev–Trinajstić information content (AvgIpc) is 2.38. The molecular weight excluding hydrogens is 268 g/mol. The van der Waals surface area contributed by atoms with Crippen molar-refractivity contribution in [3.05, 3.63) is 35.9 Å². The van der Waals surface area contributed by atoms with E-state index in [2.05, 4.69) is 17.0 Å². The van der Waals surface area contributed by atoms with Crippen LogP contribution in [0, 0.1) is 0 Å². The number of hydrogen-bond acceptors (Lipinski definition) is 3. The predicted octanol–water partition coefficient (Wildman–Crippen LogP) is 1.58. The summed E-state index contributed by atoms with van der Waals surface area (Å²) in [7, 11) is 0. The number of amides is 1. The summed E-state index contributed by atoms with van der Waals surface area (Å²) in [6, 6.07) is 9.88. The van der Waals surface area contributed by atoms with Crippen molar-refractivity contribution in [2.24, 2.45) is 0 Å². The molecule has 1 N–H and O–H groups in total. The van der Waals surface area contributed by atoms with Crippen LogP contribution in [0.4, 0.5) is 0 Å². The number of carboxylic acid groups (broad SMARTS) is 1. The zero-order chi connectivity index (χ0) is 15.4. The Bertz CT molecular complexity index is 504. The minimum atomic E-state index is -0.861. The standard InChI is InChI=1S/C16H22N2O3/c1-12-9-17(10-14-6-4-3-5-7-14)11-15(8-16(20)21)18(12)13(2)19/h3-7,12,15H,8-11H2,1-2H3,(H,20,21)/t12-,15-/m0/s1. The van der Waals surface area contributed by atoms with Gasteiger partial charge in [-0.05, 0) is 12.5 Å². The molecule has 21 heavy (non-hydrogen) atoms. The molecule has 1 aromatic carbocycles. The van der Waals surface area contributed by atoms with Gasteiger partial charge in [0, 0.05) is 32.6 Å². The first-order valence-electron chi connectivity index (χ1n) is 7.24. The van der Waals surface area contributed by atoms with Crippen molar-refractivity contribution in [3.8, 4) is 0 Å². The summed E-state index contributed by atoms with van der Waals surface area (Å²) in [6.07, 6.45) is -0.00475. The predicted molar refractivity (Wildman–Crippen MR) is 79.7 cm³/mol. The minimum absolute atomic E-state index is 0.00475. The number of piperazine rings is 1. The Kier molecular flexibility index (Phi) is 4.96. The molecule has 5 heteroatoms. The Morgan fingerprint density at radius 1 is 1.24 bits per heavy atom. The first-order valence-corrected chi connectivity index (χ1v) is 7.24. The van der Waals surface area contributed by atoms with Crippen LogP contribution in [-0.4, -0.2) is 52.0 Å². The molecule has 1 saturated heterocycles. The molecule has 2 atom stereocenters. The van der Waals surface area contributed by atoms with Crippen LogP contribution in [0.2, 0.25) is 0 Å². The van der Waals surface area contributed by atoms with E-state index in [0.717, 1.165) is 13.1 Å². The summed E-state index contributed by atoms with van der Waals surface area (Å²) in [5, 5.41) is 9.07. The monoisotopic (exact) mass is 290 g/mol. The van der Waals surface area contributed by atoms with Gasteiger partial charge >= 0.3 is 5.97 Å². The van der Waals surface area contributed by atoms with Gasteiger partial charge in [0.05, 0.1) is 12.5 Å². The Morgan fingerprint density at radius 3 is 2.48 bits per heavy atom. The van der Waals surface area contributed by atoms with Crippen LogP contribution in [0.1, 0.15) is 25.8 Å². The summed E-state index contributed by atoms with van der Waals surface area (Å²) >= 11 is 0. The lowest BCUT2D eigenvalue weighted by Gasteiger charge is -2.45. The molecule has 1 amide bonds. The van der Waals surface area contributed by atoms with Gasteiger partial charge < -0.3 is 10.0 Å². The van der Waals surface area contributed by atoms with Crippen molar-refractivity contribution in [2.75, 3.05) is 13.1 Å². The maximum atomic E-state index is 11.8. The maximum absolute atomic E-state index is 11.8. The first kappa shape index (κ1) is 15.5. The Morgan fingerprint density at radius 2 is 1.90 bits per heavy atom. The van der Waals surface area contributed by atoms with E-state index in [1.165, 1.54) is 12.5 Å². The number of carbonyl (C=O) groups is 2. The normalized spacial score (nSPS) is 23.0. The van der Waals surface area contributed by atoms with Gasteiger partial charge in [-0.2, -0.15) is 0 Å². The highest BCUT2D eigenvalue weighted by Gasteiger charge is 2.34. The largest absolute Gasteiger partial charge is 0.481 e. The molecule has 0 spiro atoms. The molecule has 0 aromatic heterocycles. The van der Waals surface area contributed by atoms with E-state index in [4.69, 9.17) is 5.11 Å². The van der Waals surface area contributed by atoms with E-state index in [1.54, 1.807) is 4.90 Å². The minimum Gasteiger partial charge on any atom is -0.481 e. The van der Waals surface area contributed by atoms with Crippen LogP contribution in [0.3, 0.4) is 0 Å². The smallest absolute Gasteiger partial charge is 0.305 e. The summed E-state index contributed by atoms with van der Waals surface area (Å²) in [6.45, 7) is 5.65. The fourth-order valence-corrected chi connectivity index (χ4v) is 3.18. The van der Waals surface area contributed by atoms with Gasteiger partial charge in [0.25, 0.3) is 0 Å². The number of carboxylic acids is 1. The van der Waals surface area contributed by atoms with E-state index < -0.39 is 5.97 Å². The number of aliphatic carboxylic acids is 1. The molecule has 1 aliphatic rings. The lowest BCUT2D eigenvalue weighted by Crippen LogP contribution is -2.59. The van der Waals surface area contributed by atoms with Gasteiger partial charge in [-0.25, -0.2) is 0 Å². The summed E-state index contributed by atoms with van der Waals surface area (Å²) < 4.78 is 0. The van der Waals surface area contributed by atoms with Crippen molar-refractivity contribution >= 4 is 11.9 Å². The molecule has 0 saturated carbocycles. The van der Waals surface area contributed by atoms with Crippen molar-refractivity contribution in [3.63, 3.8) is 0 Å². The van der Waals surface area contributed by atoms with Crippen LogP contribution in [-0.2, 0) is 16.1 Å². The van der Waals surface area contributed by atoms with Gasteiger partial charge in [0.1, 0.15) is 0 Å².